The number of aromatic nitrogens is 3. The van der Waals surface area contributed by atoms with E-state index in [1.54, 1.807) is 6.92 Å². The fourth-order valence-electron chi connectivity index (χ4n) is 4.53. The van der Waals surface area contributed by atoms with Crippen LogP contribution in [0.1, 0.15) is 55.9 Å². The number of carbonyl (C=O) groups is 2. The molecule has 8 nitrogen and oxygen atoms in total. The Kier molecular flexibility index (Phi) is 6.46. The molecule has 0 aliphatic carbocycles. The first-order valence-electron chi connectivity index (χ1n) is 10.9. The van der Waals surface area contributed by atoms with Crippen LogP contribution in [0.2, 0.25) is 5.02 Å². The summed E-state index contributed by atoms with van der Waals surface area (Å²) >= 11 is 6.02. The molecular formula is C22H29ClN6O2. The number of urea groups is 1. The van der Waals surface area contributed by atoms with E-state index in [0.29, 0.717) is 24.7 Å². The molecule has 2 aliphatic heterocycles. The Balaban J connectivity index is 1.48. The van der Waals surface area contributed by atoms with Gasteiger partial charge in [-0.1, -0.05) is 23.7 Å². The third-order valence-corrected chi connectivity index (χ3v) is 6.48. The largest absolute Gasteiger partial charge is 0.341 e. The van der Waals surface area contributed by atoms with Crippen molar-refractivity contribution in [2.24, 2.45) is 0 Å². The smallest absolute Gasteiger partial charge is 0.318 e. The highest BCUT2D eigenvalue weighted by Crippen LogP contribution is 2.32. The van der Waals surface area contributed by atoms with E-state index in [9.17, 15) is 9.59 Å². The van der Waals surface area contributed by atoms with Gasteiger partial charge in [-0.25, -0.2) is 4.79 Å². The summed E-state index contributed by atoms with van der Waals surface area (Å²) in [5, 5.41) is 12.6. The van der Waals surface area contributed by atoms with E-state index in [2.05, 4.69) is 20.1 Å². The number of benzene rings is 1. The fraction of sp³-hybridized carbons (Fsp3) is 0.545. The maximum Gasteiger partial charge on any atom is 0.318 e. The molecule has 2 fully saturated rings. The zero-order valence-corrected chi connectivity index (χ0v) is 18.8. The average Bonchev–Trinajstić information content (AvgIpc) is 3.37. The molecule has 4 rings (SSSR count). The highest BCUT2D eigenvalue weighted by atomic mass is 35.5. The zero-order chi connectivity index (χ0) is 22.0. The highest BCUT2D eigenvalue weighted by molar-refractivity contribution is 6.30. The van der Waals surface area contributed by atoms with Crippen molar-refractivity contribution in [3.05, 3.63) is 46.5 Å². The number of likely N-dealkylation sites (tertiary alicyclic amines) is 2. The van der Waals surface area contributed by atoms with Gasteiger partial charge in [-0.2, -0.15) is 0 Å². The summed E-state index contributed by atoms with van der Waals surface area (Å²) in [6.07, 6.45) is 3.58. The SMILES string of the molecule is CC(=O)N1CCC[C@@H](NC(=O)N2CCC[C@@H]2c2nnc(C)n2Cc2ccc(Cl)cc2)C1. The predicted octanol–water partition coefficient (Wildman–Crippen LogP) is 3.15. The number of hydrogen-bond donors (Lipinski definition) is 1. The van der Waals surface area contributed by atoms with Gasteiger partial charge in [-0.05, 0) is 50.3 Å². The Hall–Kier alpha value is -2.61. The first-order chi connectivity index (χ1) is 14.9. The van der Waals surface area contributed by atoms with Crippen LogP contribution in [0.25, 0.3) is 0 Å². The van der Waals surface area contributed by atoms with Gasteiger partial charge in [0, 0.05) is 37.6 Å². The van der Waals surface area contributed by atoms with E-state index in [-0.39, 0.29) is 24.0 Å². The lowest BCUT2D eigenvalue weighted by molar-refractivity contribution is -0.130. The summed E-state index contributed by atoms with van der Waals surface area (Å²) < 4.78 is 2.08. The second kappa shape index (κ2) is 9.26. The summed E-state index contributed by atoms with van der Waals surface area (Å²) in [6, 6.07) is 7.53. The average molecular weight is 445 g/mol. The Morgan fingerprint density at radius 3 is 2.61 bits per heavy atom. The molecule has 166 valence electrons. The Bertz CT molecular complexity index is 944. The molecule has 1 aromatic heterocycles. The Morgan fingerprint density at radius 2 is 1.87 bits per heavy atom. The minimum absolute atomic E-state index is 0.0138. The van der Waals surface area contributed by atoms with Gasteiger partial charge in [0.1, 0.15) is 5.82 Å². The van der Waals surface area contributed by atoms with Gasteiger partial charge in [0.2, 0.25) is 5.91 Å². The molecule has 0 spiro atoms. The normalized spacial score (nSPS) is 21.4. The van der Waals surface area contributed by atoms with Crippen LogP contribution < -0.4 is 5.32 Å². The lowest BCUT2D eigenvalue weighted by Crippen LogP contribution is -2.52. The number of amides is 3. The molecule has 31 heavy (non-hydrogen) atoms. The molecule has 2 saturated heterocycles. The number of piperidine rings is 1. The topological polar surface area (TPSA) is 83.4 Å². The van der Waals surface area contributed by atoms with E-state index < -0.39 is 0 Å². The second-order valence-electron chi connectivity index (χ2n) is 8.42. The number of nitrogens with one attached hydrogen (secondary N) is 1. The van der Waals surface area contributed by atoms with Crippen molar-refractivity contribution in [2.75, 3.05) is 19.6 Å². The molecule has 3 heterocycles. The third-order valence-electron chi connectivity index (χ3n) is 6.22. The number of halogens is 1. The van der Waals surface area contributed by atoms with Gasteiger partial charge in [0.25, 0.3) is 0 Å². The van der Waals surface area contributed by atoms with Gasteiger partial charge in [0.05, 0.1) is 12.6 Å². The summed E-state index contributed by atoms with van der Waals surface area (Å²) in [6.45, 7) is 6.17. The van der Waals surface area contributed by atoms with Crippen LogP contribution in [-0.2, 0) is 11.3 Å². The molecular weight excluding hydrogens is 416 g/mol. The first kappa shape index (κ1) is 21.6. The van der Waals surface area contributed by atoms with Gasteiger partial charge in [-0.15, -0.1) is 10.2 Å². The molecule has 0 saturated carbocycles. The van der Waals surface area contributed by atoms with Crippen LogP contribution in [0.15, 0.2) is 24.3 Å². The van der Waals surface area contributed by atoms with E-state index in [0.717, 1.165) is 49.4 Å². The summed E-state index contributed by atoms with van der Waals surface area (Å²) in [4.78, 5) is 28.5. The molecule has 1 aromatic carbocycles. The first-order valence-corrected chi connectivity index (χ1v) is 11.3. The molecule has 2 aromatic rings. The minimum atomic E-state index is -0.110. The van der Waals surface area contributed by atoms with E-state index in [1.807, 2.05) is 41.0 Å². The Morgan fingerprint density at radius 1 is 1.13 bits per heavy atom. The monoisotopic (exact) mass is 444 g/mol. The molecule has 9 heteroatoms. The van der Waals surface area contributed by atoms with Crippen molar-refractivity contribution in [1.82, 2.24) is 29.9 Å². The lowest BCUT2D eigenvalue weighted by Gasteiger charge is -2.34. The van der Waals surface area contributed by atoms with E-state index in [1.165, 1.54) is 0 Å². The van der Waals surface area contributed by atoms with Crippen LogP contribution >= 0.6 is 11.6 Å². The van der Waals surface area contributed by atoms with Crippen molar-refractivity contribution < 1.29 is 9.59 Å². The number of carbonyl (C=O) groups excluding carboxylic acids is 2. The number of aryl methyl sites for hydroxylation is 1. The van der Waals surface area contributed by atoms with E-state index in [4.69, 9.17) is 11.6 Å². The third kappa shape index (κ3) is 4.84. The summed E-state index contributed by atoms with van der Waals surface area (Å²) in [5.41, 5.74) is 1.11. The van der Waals surface area contributed by atoms with Crippen molar-refractivity contribution in [2.45, 2.75) is 58.2 Å². The second-order valence-corrected chi connectivity index (χ2v) is 8.86. The quantitative estimate of drug-likeness (QED) is 0.785. The number of rotatable bonds is 4. The minimum Gasteiger partial charge on any atom is -0.341 e. The lowest BCUT2D eigenvalue weighted by atomic mass is 10.1. The van der Waals surface area contributed by atoms with Gasteiger partial charge >= 0.3 is 6.03 Å². The molecule has 1 N–H and O–H groups in total. The van der Waals surface area contributed by atoms with Crippen LogP contribution in [0.4, 0.5) is 4.79 Å². The molecule has 2 aliphatic rings. The van der Waals surface area contributed by atoms with Crippen molar-refractivity contribution in [3.8, 4) is 0 Å². The standard InChI is InChI=1S/C22H29ClN6O2/c1-15-25-26-21(29(15)13-17-7-9-18(23)10-8-17)20-6-4-12-28(20)22(31)24-19-5-3-11-27(14-19)16(2)30/h7-10,19-20H,3-6,11-14H2,1-2H3,(H,24,31)/t19-,20-/m1/s1. The van der Waals surface area contributed by atoms with Crippen LogP contribution in [0, 0.1) is 6.92 Å². The number of nitrogens with zero attached hydrogens (tertiary/aromatic N) is 5. The maximum absolute atomic E-state index is 13.1. The van der Waals surface area contributed by atoms with Gasteiger partial charge in [-0.3, -0.25) is 4.79 Å². The van der Waals surface area contributed by atoms with Crippen LogP contribution in [-0.4, -0.2) is 62.2 Å². The zero-order valence-electron chi connectivity index (χ0n) is 18.1. The molecule has 2 atom stereocenters. The molecule has 0 radical (unpaired) electrons. The van der Waals surface area contributed by atoms with Crippen molar-refractivity contribution in [1.29, 1.82) is 0 Å². The number of hydrogen-bond acceptors (Lipinski definition) is 4. The molecule has 0 unspecified atom stereocenters. The van der Waals surface area contributed by atoms with Crippen LogP contribution in [0.5, 0.6) is 0 Å². The highest BCUT2D eigenvalue weighted by Gasteiger charge is 2.35. The Labute approximate surface area is 187 Å². The summed E-state index contributed by atoms with van der Waals surface area (Å²) in [5.74, 6) is 1.69. The van der Waals surface area contributed by atoms with Crippen molar-refractivity contribution >= 4 is 23.5 Å². The van der Waals surface area contributed by atoms with Crippen molar-refractivity contribution in [3.63, 3.8) is 0 Å². The van der Waals surface area contributed by atoms with Gasteiger partial charge in [0.15, 0.2) is 5.82 Å². The molecule has 0 bridgehead atoms. The van der Waals surface area contributed by atoms with E-state index >= 15 is 0 Å². The maximum atomic E-state index is 13.1. The van der Waals surface area contributed by atoms with Crippen LogP contribution in [0.3, 0.4) is 0 Å². The predicted molar refractivity (Wildman–Crippen MR) is 118 cm³/mol. The summed E-state index contributed by atoms with van der Waals surface area (Å²) in [7, 11) is 0. The fourth-order valence-corrected chi connectivity index (χ4v) is 4.65. The van der Waals surface area contributed by atoms with Gasteiger partial charge < -0.3 is 19.7 Å². The molecule has 3 amide bonds.